The molecule has 2 aromatic heterocycles. The molecule has 1 fully saturated rings. The highest BCUT2D eigenvalue weighted by Crippen LogP contribution is 2.27. The maximum absolute atomic E-state index is 13.1. The van der Waals surface area contributed by atoms with E-state index >= 15 is 0 Å². The molecule has 0 radical (unpaired) electrons. The molecule has 1 amide bonds. The number of carbonyl (C=O) groups excluding carboxylic acids is 1. The van der Waals surface area contributed by atoms with Crippen molar-refractivity contribution in [2.45, 2.75) is 0 Å². The number of nitrogens with zero attached hydrogens (tertiary/aromatic N) is 5. The Labute approximate surface area is 182 Å². The van der Waals surface area contributed by atoms with Crippen LogP contribution in [0.15, 0.2) is 77.4 Å². The van der Waals surface area contributed by atoms with E-state index in [2.05, 4.69) is 43.2 Å². The third-order valence-electron chi connectivity index (χ3n) is 5.46. The van der Waals surface area contributed by atoms with Crippen LogP contribution < -0.4 is 4.90 Å². The maximum atomic E-state index is 13.1. The summed E-state index contributed by atoms with van der Waals surface area (Å²) in [7, 11) is 0. The summed E-state index contributed by atoms with van der Waals surface area (Å²) in [5.41, 5.74) is 3.46. The van der Waals surface area contributed by atoms with Crippen LogP contribution in [0, 0.1) is 0 Å². The topological polar surface area (TPSA) is 53.7 Å². The zero-order chi connectivity index (χ0) is 20.5. The van der Waals surface area contributed by atoms with Crippen molar-refractivity contribution in [3.8, 4) is 11.4 Å². The van der Waals surface area contributed by atoms with Crippen LogP contribution in [0.4, 0.5) is 5.69 Å². The van der Waals surface area contributed by atoms with Crippen LogP contribution in [-0.4, -0.2) is 51.6 Å². The zero-order valence-electron chi connectivity index (χ0n) is 16.3. The fourth-order valence-corrected chi connectivity index (χ4v) is 4.30. The number of rotatable bonds is 3. The summed E-state index contributed by atoms with van der Waals surface area (Å²) in [5.74, 6) is 0.781. The van der Waals surface area contributed by atoms with Gasteiger partial charge in [-0.1, -0.05) is 52.3 Å². The van der Waals surface area contributed by atoms with E-state index in [1.54, 1.807) is 0 Å². The molecule has 6 nitrogen and oxygen atoms in total. The Hall–Kier alpha value is -3.19. The number of fused-ring (bicyclic) bond motifs is 1. The summed E-state index contributed by atoms with van der Waals surface area (Å²) in [6.45, 7) is 3.06. The smallest absolute Gasteiger partial charge is 0.254 e. The molecule has 3 heterocycles. The highest BCUT2D eigenvalue weighted by atomic mass is 79.9. The Bertz CT molecular complexity index is 1200. The van der Waals surface area contributed by atoms with Gasteiger partial charge in [0.15, 0.2) is 11.5 Å². The molecule has 0 N–H and O–H groups in total. The molecule has 1 aliphatic heterocycles. The standard InChI is InChI=1S/C23H20BrN5O/c24-20-9-5-4-8-19(20)22-26-25-21-16-17(10-11-29(21)22)23(30)28-14-12-27(13-15-28)18-6-2-1-3-7-18/h1-11,16H,12-15H2. The Balaban J connectivity index is 1.34. The molecule has 30 heavy (non-hydrogen) atoms. The number of aromatic nitrogens is 3. The van der Waals surface area contributed by atoms with Gasteiger partial charge in [-0.25, -0.2) is 0 Å². The Morgan fingerprint density at radius 3 is 2.37 bits per heavy atom. The maximum Gasteiger partial charge on any atom is 0.254 e. The van der Waals surface area contributed by atoms with Gasteiger partial charge in [0.1, 0.15) is 0 Å². The molecular formula is C23H20BrN5O. The van der Waals surface area contributed by atoms with Crippen molar-refractivity contribution in [2.24, 2.45) is 0 Å². The summed E-state index contributed by atoms with van der Waals surface area (Å²) in [6, 6.07) is 21.9. The van der Waals surface area contributed by atoms with E-state index in [0.29, 0.717) is 24.3 Å². The largest absolute Gasteiger partial charge is 0.368 e. The van der Waals surface area contributed by atoms with Gasteiger partial charge < -0.3 is 9.80 Å². The van der Waals surface area contributed by atoms with E-state index in [0.717, 1.165) is 29.0 Å². The molecule has 0 aliphatic carbocycles. The molecule has 0 saturated carbocycles. The number of hydrogen-bond acceptors (Lipinski definition) is 4. The predicted molar refractivity (Wildman–Crippen MR) is 121 cm³/mol. The molecule has 0 bridgehead atoms. The second kappa shape index (κ2) is 7.91. The van der Waals surface area contributed by atoms with Crippen molar-refractivity contribution in [1.82, 2.24) is 19.5 Å². The first-order valence-electron chi connectivity index (χ1n) is 9.90. The van der Waals surface area contributed by atoms with Gasteiger partial charge >= 0.3 is 0 Å². The lowest BCUT2D eigenvalue weighted by molar-refractivity contribution is 0.0747. The van der Waals surface area contributed by atoms with E-state index in [1.165, 1.54) is 5.69 Å². The first kappa shape index (κ1) is 18.8. The Kier molecular flexibility index (Phi) is 4.96. The number of benzene rings is 2. The number of anilines is 1. The molecule has 0 spiro atoms. The van der Waals surface area contributed by atoms with Gasteiger partial charge in [0.05, 0.1) is 0 Å². The van der Waals surface area contributed by atoms with Crippen LogP contribution in [0.1, 0.15) is 10.4 Å². The number of piperazine rings is 1. The van der Waals surface area contributed by atoms with Crippen LogP contribution in [0.5, 0.6) is 0 Å². The van der Waals surface area contributed by atoms with Crippen molar-refractivity contribution < 1.29 is 4.79 Å². The van der Waals surface area contributed by atoms with Crippen LogP contribution in [0.25, 0.3) is 17.0 Å². The monoisotopic (exact) mass is 461 g/mol. The van der Waals surface area contributed by atoms with Gasteiger partial charge in [-0.15, -0.1) is 10.2 Å². The molecule has 150 valence electrons. The summed E-state index contributed by atoms with van der Waals surface area (Å²) in [4.78, 5) is 17.3. The van der Waals surface area contributed by atoms with Crippen LogP contribution >= 0.6 is 15.9 Å². The predicted octanol–water partition coefficient (Wildman–Crippen LogP) is 4.12. The summed E-state index contributed by atoms with van der Waals surface area (Å²) in [5, 5.41) is 8.62. The average molecular weight is 462 g/mol. The number of pyridine rings is 1. The molecule has 4 aromatic rings. The number of para-hydroxylation sites is 1. The Morgan fingerprint density at radius 2 is 1.60 bits per heavy atom. The minimum Gasteiger partial charge on any atom is -0.368 e. The quantitative estimate of drug-likeness (QED) is 0.460. The van der Waals surface area contributed by atoms with E-state index < -0.39 is 0 Å². The minimum absolute atomic E-state index is 0.0376. The molecule has 0 unspecified atom stereocenters. The third kappa shape index (κ3) is 3.45. The number of carbonyl (C=O) groups is 1. The molecule has 1 saturated heterocycles. The first-order chi connectivity index (χ1) is 14.7. The molecule has 5 rings (SSSR count). The molecule has 7 heteroatoms. The minimum atomic E-state index is 0.0376. The van der Waals surface area contributed by atoms with Crippen LogP contribution in [0.3, 0.4) is 0 Å². The lowest BCUT2D eigenvalue weighted by Gasteiger charge is -2.36. The van der Waals surface area contributed by atoms with E-state index in [4.69, 9.17) is 0 Å². The third-order valence-corrected chi connectivity index (χ3v) is 6.15. The van der Waals surface area contributed by atoms with Gasteiger partial charge in [-0.2, -0.15) is 0 Å². The number of hydrogen-bond donors (Lipinski definition) is 0. The van der Waals surface area contributed by atoms with E-state index in [9.17, 15) is 4.79 Å². The van der Waals surface area contributed by atoms with Crippen LogP contribution in [0.2, 0.25) is 0 Å². The van der Waals surface area contributed by atoms with E-state index in [1.807, 2.05) is 70.1 Å². The normalized spacial score (nSPS) is 14.3. The van der Waals surface area contributed by atoms with Gasteiger partial charge in [-0.3, -0.25) is 9.20 Å². The number of halogens is 1. The SMILES string of the molecule is O=C(c1ccn2c(-c3ccccc3Br)nnc2c1)N1CCN(c2ccccc2)CC1. The average Bonchev–Trinajstić information content (AvgIpc) is 3.23. The van der Waals surface area contributed by atoms with Crippen molar-refractivity contribution in [3.05, 3.63) is 83.0 Å². The highest BCUT2D eigenvalue weighted by molar-refractivity contribution is 9.10. The van der Waals surface area contributed by atoms with Gasteiger partial charge in [0, 0.05) is 53.7 Å². The zero-order valence-corrected chi connectivity index (χ0v) is 17.9. The fourth-order valence-electron chi connectivity index (χ4n) is 3.84. The lowest BCUT2D eigenvalue weighted by Crippen LogP contribution is -2.48. The van der Waals surface area contributed by atoms with Crippen molar-refractivity contribution >= 4 is 33.2 Å². The Morgan fingerprint density at radius 1 is 0.867 bits per heavy atom. The molecular weight excluding hydrogens is 442 g/mol. The van der Waals surface area contributed by atoms with Gasteiger partial charge in [0.25, 0.3) is 5.91 Å². The summed E-state index contributed by atoms with van der Waals surface area (Å²) in [6.07, 6.45) is 1.87. The lowest BCUT2D eigenvalue weighted by atomic mass is 10.2. The van der Waals surface area contributed by atoms with Gasteiger partial charge in [0.2, 0.25) is 0 Å². The van der Waals surface area contributed by atoms with Crippen molar-refractivity contribution in [1.29, 1.82) is 0 Å². The fraction of sp³-hybridized carbons (Fsp3) is 0.174. The highest BCUT2D eigenvalue weighted by Gasteiger charge is 2.23. The van der Waals surface area contributed by atoms with Crippen LogP contribution in [-0.2, 0) is 0 Å². The van der Waals surface area contributed by atoms with Crippen molar-refractivity contribution in [3.63, 3.8) is 0 Å². The molecule has 1 aliphatic rings. The van der Waals surface area contributed by atoms with Gasteiger partial charge in [-0.05, 0) is 30.3 Å². The second-order valence-corrected chi connectivity index (χ2v) is 8.12. The second-order valence-electron chi connectivity index (χ2n) is 7.26. The first-order valence-corrected chi connectivity index (χ1v) is 10.7. The summed E-state index contributed by atoms with van der Waals surface area (Å²) < 4.78 is 2.86. The molecule has 2 aromatic carbocycles. The number of amides is 1. The summed E-state index contributed by atoms with van der Waals surface area (Å²) >= 11 is 3.57. The van der Waals surface area contributed by atoms with E-state index in [-0.39, 0.29) is 5.91 Å². The molecule has 0 atom stereocenters. The van der Waals surface area contributed by atoms with Crippen molar-refractivity contribution in [2.75, 3.05) is 31.1 Å².